The molecule has 0 radical (unpaired) electrons. The summed E-state index contributed by atoms with van der Waals surface area (Å²) in [5.74, 6) is 1.34. The largest absolute Gasteiger partial charge is 0.495 e. The molecule has 0 bridgehead atoms. The normalized spacial score (nSPS) is 10.6. The van der Waals surface area contributed by atoms with Gasteiger partial charge in [-0.15, -0.1) is 0 Å². The molecular weight excluding hydrogens is 416 g/mol. The Bertz CT molecular complexity index is 909. The number of carbonyl (C=O) groups excluding carboxylic acids is 1. The first kappa shape index (κ1) is 18.5. The molecule has 134 valence electrons. The van der Waals surface area contributed by atoms with Crippen molar-refractivity contribution in [2.24, 2.45) is 0 Å². The summed E-state index contributed by atoms with van der Waals surface area (Å²) in [6, 6.07) is 13.4. The van der Waals surface area contributed by atoms with Gasteiger partial charge in [0.25, 0.3) is 5.22 Å². The molecule has 1 aromatic heterocycles. The number of anilines is 1. The minimum Gasteiger partial charge on any atom is -0.495 e. The van der Waals surface area contributed by atoms with Gasteiger partial charge in [-0.2, -0.15) is 0 Å². The third kappa shape index (κ3) is 4.68. The molecule has 3 rings (SSSR count). The molecule has 1 amide bonds. The zero-order valence-corrected chi connectivity index (χ0v) is 16.7. The summed E-state index contributed by atoms with van der Waals surface area (Å²) in [4.78, 5) is 16.4. The Morgan fingerprint density at radius 1 is 1.27 bits per heavy atom. The van der Waals surface area contributed by atoms with Gasteiger partial charge in [0.15, 0.2) is 5.76 Å². The van der Waals surface area contributed by atoms with Crippen LogP contribution in [0, 0.1) is 6.92 Å². The van der Waals surface area contributed by atoms with Crippen molar-refractivity contribution in [2.45, 2.75) is 12.1 Å². The predicted octanol–water partition coefficient (Wildman–Crippen LogP) is 5.15. The van der Waals surface area contributed by atoms with E-state index in [2.05, 4.69) is 26.2 Å². The number of aryl methyl sites for hydroxylation is 1. The lowest BCUT2D eigenvalue weighted by molar-refractivity contribution is -0.113. The van der Waals surface area contributed by atoms with E-state index in [1.54, 1.807) is 13.3 Å². The van der Waals surface area contributed by atoms with Crippen molar-refractivity contribution in [2.75, 3.05) is 18.2 Å². The van der Waals surface area contributed by atoms with Gasteiger partial charge in [-0.05, 0) is 36.8 Å². The Morgan fingerprint density at radius 2 is 2.04 bits per heavy atom. The Hall–Kier alpha value is -2.25. The molecule has 26 heavy (non-hydrogen) atoms. The zero-order chi connectivity index (χ0) is 18.5. The van der Waals surface area contributed by atoms with Gasteiger partial charge in [0, 0.05) is 10.0 Å². The molecule has 0 aliphatic rings. The van der Waals surface area contributed by atoms with Crippen LogP contribution in [0.2, 0.25) is 0 Å². The van der Waals surface area contributed by atoms with Crippen molar-refractivity contribution in [1.82, 2.24) is 4.98 Å². The maximum absolute atomic E-state index is 12.2. The molecule has 0 saturated heterocycles. The van der Waals surface area contributed by atoms with Crippen LogP contribution in [0.5, 0.6) is 5.75 Å². The molecule has 3 aromatic rings. The van der Waals surface area contributed by atoms with Gasteiger partial charge in [-0.1, -0.05) is 45.9 Å². The lowest BCUT2D eigenvalue weighted by atomic mass is 10.2. The van der Waals surface area contributed by atoms with Crippen LogP contribution in [-0.2, 0) is 4.79 Å². The summed E-state index contributed by atoms with van der Waals surface area (Å²) in [5.41, 5.74) is 2.63. The molecule has 2 aromatic carbocycles. The van der Waals surface area contributed by atoms with Crippen LogP contribution >= 0.6 is 27.7 Å². The Kier molecular flexibility index (Phi) is 6.00. The van der Waals surface area contributed by atoms with E-state index in [-0.39, 0.29) is 11.7 Å². The highest BCUT2D eigenvalue weighted by Gasteiger charge is 2.12. The van der Waals surface area contributed by atoms with Crippen LogP contribution in [0.15, 0.2) is 62.8 Å². The second kappa shape index (κ2) is 8.42. The fourth-order valence-electron chi connectivity index (χ4n) is 2.31. The minimum atomic E-state index is -0.151. The molecule has 0 saturated carbocycles. The molecule has 0 spiro atoms. The lowest BCUT2D eigenvalue weighted by Gasteiger charge is -2.10. The number of aromatic nitrogens is 1. The van der Waals surface area contributed by atoms with Gasteiger partial charge in [0.1, 0.15) is 5.75 Å². The monoisotopic (exact) mass is 432 g/mol. The molecule has 1 N–H and O–H groups in total. The van der Waals surface area contributed by atoms with Crippen LogP contribution < -0.4 is 10.1 Å². The Balaban J connectivity index is 1.60. The van der Waals surface area contributed by atoms with Crippen LogP contribution in [0.1, 0.15) is 5.56 Å². The van der Waals surface area contributed by atoms with E-state index in [1.165, 1.54) is 11.8 Å². The molecular formula is C19H17BrN2O3S. The maximum atomic E-state index is 12.2. The molecule has 0 unspecified atom stereocenters. The molecule has 0 fully saturated rings. The van der Waals surface area contributed by atoms with E-state index >= 15 is 0 Å². The van der Waals surface area contributed by atoms with E-state index < -0.39 is 0 Å². The third-order valence-corrected chi connectivity index (χ3v) is 4.94. The minimum absolute atomic E-state index is 0.151. The summed E-state index contributed by atoms with van der Waals surface area (Å²) in [5, 5.41) is 3.31. The number of hydrogen-bond acceptors (Lipinski definition) is 5. The van der Waals surface area contributed by atoms with Gasteiger partial charge in [0.2, 0.25) is 5.91 Å². The number of nitrogens with one attached hydrogen (secondary N) is 1. The van der Waals surface area contributed by atoms with Crippen LogP contribution in [0.4, 0.5) is 5.69 Å². The quantitative estimate of drug-likeness (QED) is 0.545. The van der Waals surface area contributed by atoms with E-state index in [0.717, 1.165) is 15.6 Å². The molecule has 5 nitrogen and oxygen atoms in total. The Morgan fingerprint density at radius 3 is 2.77 bits per heavy atom. The van der Waals surface area contributed by atoms with Crippen molar-refractivity contribution < 1.29 is 13.9 Å². The van der Waals surface area contributed by atoms with E-state index in [4.69, 9.17) is 9.15 Å². The van der Waals surface area contributed by atoms with Crippen LogP contribution in [-0.4, -0.2) is 23.8 Å². The summed E-state index contributed by atoms with van der Waals surface area (Å²) in [6.45, 7) is 1.96. The number of amides is 1. The highest BCUT2D eigenvalue weighted by Crippen LogP contribution is 2.28. The number of halogens is 1. The van der Waals surface area contributed by atoms with Crippen molar-refractivity contribution >= 4 is 39.3 Å². The number of nitrogens with zero attached hydrogens (tertiary/aromatic N) is 1. The summed E-state index contributed by atoms with van der Waals surface area (Å²) in [6.07, 6.45) is 1.66. The number of hydrogen-bond donors (Lipinski definition) is 1. The number of benzene rings is 2. The standard InChI is InChI=1S/C19H17BrN2O3S/c1-12-3-8-16(24-2)15(9-12)22-18(23)11-26-19-21-10-17(25-19)13-4-6-14(20)7-5-13/h3-10H,11H2,1-2H3,(H,22,23). The number of rotatable bonds is 6. The van der Waals surface area contributed by atoms with E-state index in [1.807, 2.05) is 49.4 Å². The third-order valence-electron chi connectivity index (χ3n) is 3.57. The maximum Gasteiger partial charge on any atom is 0.256 e. The van der Waals surface area contributed by atoms with Crippen molar-refractivity contribution in [3.63, 3.8) is 0 Å². The summed E-state index contributed by atoms with van der Waals surface area (Å²) < 4.78 is 12.0. The highest BCUT2D eigenvalue weighted by molar-refractivity contribution is 9.10. The van der Waals surface area contributed by atoms with E-state index in [9.17, 15) is 4.79 Å². The molecule has 0 atom stereocenters. The second-order valence-corrected chi connectivity index (χ2v) is 7.38. The van der Waals surface area contributed by atoms with Crippen molar-refractivity contribution in [1.29, 1.82) is 0 Å². The molecule has 7 heteroatoms. The zero-order valence-electron chi connectivity index (χ0n) is 14.3. The van der Waals surface area contributed by atoms with Gasteiger partial charge >= 0.3 is 0 Å². The SMILES string of the molecule is COc1ccc(C)cc1NC(=O)CSc1ncc(-c2ccc(Br)cc2)o1. The van der Waals surface area contributed by atoms with Gasteiger partial charge < -0.3 is 14.5 Å². The number of thioether (sulfide) groups is 1. The second-order valence-electron chi connectivity index (χ2n) is 5.54. The number of ether oxygens (including phenoxy) is 1. The predicted molar refractivity (Wildman–Crippen MR) is 107 cm³/mol. The molecule has 1 heterocycles. The first-order chi connectivity index (χ1) is 12.5. The van der Waals surface area contributed by atoms with Gasteiger partial charge in [-0.25, -0.2) is 4.98 Å². The number of oxazole rings is 1. The van der Waals surface area contributed by atoms with Crippen molar-refractivity contribution in [3.8, 4) is 17.1 Å². The average molecular weight is 433 g/mol. The lowest BCUT2D eigenvalue weighted by Crippen LogP contribution is -2.14. The average Bonchev–Trinajstić information content (AvgIpc) is 3.10. The highest BCUT2D eigenvalue weighted by atomic mass is 79.9. The van der Waals surface area contributed by atoms with E-state index in [0.29, 0.717) is 22.4 Å². The van der Waals surface area contributed by atoms with Crippen LogP contribution in [0.25, 0.3) is 11.3 Å². The van der Waals surface area contributed by atoms with Crippen molar-refractivity contribution in [3.05, 3.63) is 58.7 Å². The number of methoxy groups -OCH3 is 1. The van der Waals surface area contributed by atoms with Gasteiger partial charge in [-0.3, -0.25) is 4.79 Å². The summed E-state index contributed by atoms with van der Waals surface area (Å²) in [7, 11) is 1.57. The van der Waals surface area contributed by atoms with Gasteiger partial charge in [0.05, 0.1) is 24.7 Å². The topological polar surface area (TPSA) is 64.4 Å². The fourth-order valence-corrected chi connectivity index (χ4v) is 3.17. The Labute approximate surface area is 164 Å². The fraction of sp³-hybridized carbons (Fsp3) is 0.158. The first-order valence-corrected chi connectivity index (χ1v) is 9.62. The summed E-state index contributed by atoms with van der Waals surface area (Å²) >= 11 is 4.65. The molecule has 0 aliphatic heterocycles. The van der Waals surface area contributed by atoms with Crippen LogP contribution in [0.3, 0.4) is 0 Å². The smallest absolute Gasteiger partial charge is 0.256 e. The molecule has 0 aliphatic carbocycles. The first-order valence-electron chi connectivity index (χ1n) is 7.84. The number of carbonyl (C=O) groups is 1.